The molecular weight excluding hydrogens is 414 g/mol. The zero-order valence-corrected chi connectivity index (χ0v) is 18.7. The Labute approximate surface area is 193 Å². The Hall–Kier alpha value is -3.73. The summed E-state index contributed by atoms with van der Waals surface area (Å²) in [6.45, 7) is 4.42. The van der Waals surface area contributed by atoms with Crippen LogP contribution in [0.1, 0.15) is 58.3 Å². The van der Waals surface area contributed by atoms with E-state index >= 15 is 0 Å². The lowest BCUT2D eigenvalue weighted by atomic mass is 9.67. The van der Waals surface area contributed by atoms with Crippen LogP contribution in [-0.2, 0) is 14.3 Å². The third-order valence-electron chi connectivity index (χ3n) is 6.77. The molecule has 166 valence electrons. The van der Waals surface area contributed by atoms with Gasteiger partial charge in [0, 0.05) is 29.3 Å². The summed E-state index contributed by atoms with van der Waals surface area (Å²) < 4.78 is 5.56. The number of carbonyl (C=O) groups is 3. The van der Waals surface area contributed by atoms with Gasteiger partial charge < -0.3 is 9.64 Å². The minimum absolute atomic E-state index is 0.0617. The van der Waals surface area contributed by atoms with Crippen LogP contribution in [0.15, 0.2) is 72.8 Å². The third-order valence-corrected chi connectivity index (χ3v) is 6.77. The molecule has 0 saturated heterocycles. The van der Waals surface area contributed by atoms with Gasteiger partial charge in [-0.25, -0.2) is 0 Å². The molecule has 0 spiro atoms. The molecule has 1 heterocycles. The van der Waals surface area contributed by atoms with Crippen molar-refractivity contribution in [1.82, 2.24) is 0 Å². The molecule has 1 amide bonds. The van der Waals surface area contributed by atoms with Gasteiger partial charge in [0.2, 0.25) is 5.91 Å². The summed E-state index contributed by atoms with van der Waals surface area (Å²) in [5.41, 5.74) is 4.33. The summed E-state index contributed by atoms with van der Waals surface area (Å²) in [7, 11) is 0. The Kier molecular flexibility index (Phi) is 5.33. The second-order valence-electron chi connectivity index (χ2n) is 8.38. The number of ketones is 1. The summed E-state index contributed by atoms with van der Waals surface area (Å²) in [5.74, 6) is -2.57. The molecule has 0 N–H and O–H groups in total. The molecule has 0 unspecified atom stereocenters. The van der Waals surface area contributed by atoms with Gasteiger partial charge in [-0.1, -0.05) is 66.7 Å². The number of hydrogen-bond acceptors (Lipinski definition) is 4. The van der Waals surface area contributed by atoms with E-state index in [1.807, 2.05) is 67.6 Å². The fourth-order valence-corrected chi connectivity index (χ4v) is 5.44. The van der Waals surface area contributed by atoms with Gasteiger partial charge in [-0.05, 0) is 36.6 Å². The highest BCUT2D eigenvalue weighted by Crippen LogP contribution is 2.50. The molecule has 5 rings (SSSR count). The molecule has 2 aliphatic rings. The van der Waals surface area contributed by atoms with Gasteiger partial charge in [0.15, 0.2) is 5.78 Å². The number of anilines is 1. The van der Waals surface area contributed by atoms with Gasteiger partial charge in [-0.15, -0.1) is 0 Å². The predicted octanol–water partition coefficient (Wildman–Crippen LogP) is 4.69. The molecule has 0 radical (unpaired) electrons. The van der Waals surface area contributed by atoms with E-state index in [4.69, 9.17) is 4.74 Å². The Bertz CT molecular complexity index is 1210. The molecule has 5 heteroatoms. The number of ether oxygens (including phenoxy) is 1. The van der Waals surface area contributed by atoms with Crippen LogP contribution in [0.4, 0.5) is 5.69 Å². The summed E-state index contributed by atoms with van der Waals surface area (Å²) in [4.78, 5) is 42.3. The molecule has 1 aliphatic carbocycles. The Morgan fingerprint density at radius 1 is 0.818 bits per heavy atom. The smallest absolute Gasteiger partial charge is 0.311 e. The zero-order valence-electron chi connectivity index (χ0n) is 18.7. The number of nitrogens with zero attached hydrogens (tertiary/aromatic N) is 1. The molecule has 5 nitrogen and oxygen atoms in total. The van der Waals surface area contributed by atoms with E-state index in [1.54, 1.807) is 24.0 Å². The van der Waals surface area contributed by atoms with Crippen molar-refractivity contribution in [3.05, 3.63) is 101 Å². The molecule has 1 aliphatic heterocycles. The van der Waals surface area contributed by atoms with E-state index < -0.39 is 23.7 Å². The van der Waals surface area contributed by atoms with Crippen LogP contribution < -0.4 is 4.90 Å². The van der Waals surface area contributed by atoms with Crippen LogP contribution in [0.3, 0.4) is 0 Å². The molecule has 2 atom stereocenters. The average Bonchev–Trinajstić information content (AvgIpc) is 3.12. The first kappa shape index (κ1) is 21.1. The standard InChI is InChI=1S/C28H25NO4/c1-3-29-22-16-10-9-15-21(22)24(27(29)31)25(28(32)33-4-2)23-17-11-5-7-13-19(17)26(30)20-14-8-6-12-18(20)23/h5-16,23-25H,3-4H2,1-2H3/t24-,25-/m0/s1. The quantitative estimate of drug-likeness (QED) is 0.541. The maximum Gasteiger partial charge on any atom is 0.311 e. The first-order chi connectivity index (χ1) is 16.1. The second kappa shape index (κ2) is 8.32. The van der Waals surface area contributed by atoms with E-state index in [-0.39, 0.29) is 18.3 Å². The van der Waals surface area contributed by atoms with Crippen LogP contribution in [0.25, 0.3) is 0 Å². The fourth-order valence-electron chi connectivity index (χ4n) is 5.44. The Morgan fingerprint density at radius 3 is 1.94 bits per heavy atom. The summed E-state index contributed by atoms with van der Waals surface area (Å²) in [6, 6.07) is 22.4. The zero-order chi connectivity index (χ0) is 23.1. The van der Waals surface area contributed by atoms with E-state index in [0.717, 1.165) is 22.4 Å². The molecule has 0 aromatic heterocycles. The van der Waals surface area contributed by atoms with Crippen LogP contribution in [-0.4, -0.2) is 30.8 Å². The molecule has 0 bridgehead atoms. The second-order valence-corrected chi connectivity index (χ2v) is 8.38. The van der Waals surface area contributed by atoms with Crippen LogP contribution in [0, 0.1) is 5.92 Å². The molecule has 0 saturated carbocycles. The van der Waals surface area contributed by atoms with Crippen molar-refractivity contribution in [3.63, 3.8) is 0 Å². The Morgan fingerprint density at radius 2 is 1.36 bits per heavy atom. The number of esters is 1. The number of likely N-dealkylation sites (N-methyl/N-ethyl adjacent to an activating group) is 1. The van der Waals surface area contributed by atoms with Gasteiger partial charge in [-0.2, -0.15) is 0 Å². The van der Waals surface area contributed by atoms with E-state index in [0.29, 0.717) is 17.7 Å². The van der Waals surface area contributed by atoms with E-state index in [9.17, 15) is 14.4 Å². The monoisotopic (exact) mass is 439 g/mol. The molecule has 0 fully saturated rings. The largest absolute Gasteiger partial charge is 0.466 e. The van der Waals surface area contributed by atoms with Crippen molar-refractivity contribution in [3.8, 4) is 0 Å². The molecule has 33 heavy (non-hydrogen) atoms. The first-order valence-corrected chi connectivity index (χ1v) is 11.4. The number of hydrogen-bond donors (Lipinski definition) is 0. The number of benzene rings is 3. The molecular formula is C28H25NO4. The number of para-hydroxylation sites is 1. The van der Waals surface area contributed by atoms with Gasteiger partial charge in [0.05, 0.1) is 18.4 Å². The lowest BCUT2D eigenvalue weighted by molar-refractivity contribution is -0.151. The highest BCUT2D eigenvalue weighted by Gasteiger charge is 2.50. The molecule has 3 aromatic carbocycles. The SMILES string of the molecule is CCOC(=O)[C@@H](C1c2ccccc2C(=O)c2ccccc21)[C@H]1C(=O)N(CC)c2ccccc21. The Balaban J connectivity index is 1.76. The maximum atomic E-state index is 13.7. The van der Waals surface area contributed by atoms with Crippen LogP contribution in [0.5, 0.6) is 0 Å². The van der Waals surface area contributed by atoms with Gasteiger partial charge in [0.25, 0.3) is 0 Å². The number of carbonyl (C=O) groups excluding carboxylic acids is 3. The number of rotatable bonds is 5. The third kappa shape index (κ3) is 3.18. The van der Waals surface area contributed by atoms with Crippen molar-refractivity contribution in [2.24, 2.45) is 5.92 Å². The number of amides is 1. The summed E-state index contributed by atoms with van der Waals surface area (Å²) >= 11 is 0. The summed E-state index contributed by atoms with van der Waals surface area (Å²) in [5, 5.41) is 0. The predicted molar refractivity (Wildman–Crippen MR) is 125 cm³/mol. The lowest BCUT2D eigenvalue weighted by Crippen LogP contribution is -2.39. The summed E-state index contributed by atoms with van der Waals surface area (Å²) in [6.07, 6.45) is 0. The van der Waals surface area contributed by atoms with Crippen molar-refractivity contribution in [1.29, 1.82) is 0 Å². The highest BCUT2D eigenvalue weighted by molar-refractivity contribution is 6.13. The van der Waals surface area contributed by atoms with Gasteiger partial charge in [0.1, 0.15) is 0 Å². The lowest BCUT2D eigenvalue weighted by Gasteiger charge is -2.35. The minimum Gasteiger partial charge on any atom is -0.466 e. The van der Waals surface area contributed by atoms with Crippen LogP contribution >= 0.6 is 0 Å². The van der Waals surface area contributed by atoms with Crippen LogP contribution in [0.2, 0.25) is 0 Å². The average molecular weight is 440 g/mol. The highest BCUT2D eigenvalue weighted by atomic mass is 16.5. The van der Waals surface area contributed by atoms with Crippen molar-refractivity contribution >= 4 is 23.3 Å². The molecule has 3 aromatic rings. The topological polar surface area (TPSA) is 63.7 Å². The number of fused-ring (bicyclic) bond motifs is 3. The van der Waals surface area contributed by atoms with Crippen molar-refractivity contribution in [2.45, 2.75) is 25.7 Å². The van der Waals surface area contributed by atoms with Gasteiger partial charge >= 0.3 is 5.97 Å². The maximum absolute atomic E-state index is 13.7. The van der Waals surface area contributed by atoms with E-state index in [1.165, 1.54) is 0 Å². The van der Waals surface area contributed by atoms with Crippen molar-refractivity contribution in [2.75, 3.05) is 18.1 Å². The van der Waals surface area contributed by atoms with Crippen molar-refractivity contribution < 1.29 is 19.1 Å². The fraction of sp³-hybridized carbons (Fsp3) is 0.250. The van der Waals surface area contributed by atoms with E-state index in [2.05, 4.69) is 0 Å². The first-order valence-electron chi connectivity index (χ1n) is 11.4. The minimum atomic E-state index is -0.800. The normalized spacial score (nSPS) is 17.9. The van der Waals surface area contributed by atoms with Gasteiger partial charge in [-0.3, -0.25) is 14.4 Å².